The van der Waals surface area contributed by atoms with Crippen molar-refractivity contribution in [3.8, 4) is 0 Å². The predicted octanol–water partition coefficient (Wildman–Crippen LogP) is 1.16. The third kappa shape index (κ3) is 2.61. The Bertz CT molecular complexity index is 1070. The van der Waals surface area contributed by atoms with Gasteiger partial charge in [-0.3, -0.25) is 0 Å². The fraction of sp³-hybridized carbons (Fsp3) is 0.0667. The summed E-state index contributed by atoms with van der Waals surface area (Å²) < 4.78 is 56.8. The molecule has 124 valence electrons. The van der Waals surface area contributed by atoms with Gasteiger partial charge in [-0.05, 0) is 29.0 Å². The van der Waals surface area contributed by atoms with Gasteiger partial charge in [-0.15, -0.1) is 0 Å². The van der Waals surface area contributed by atoms with Crippen molar-refractivity contribution in [1.82, 2.24) is 5.16 Å². The van der Waals surface area contributed by atoms with Crippen LogP contribution in [0, 0.1) is 0 Å². The first-order valence-corrected chi connectivity index (χ1v) is 9.78. The molecule has 0 N–H and O–H groups in total. The highest BCUT2D eigenvalue weighted by Gasteiger charge is 2.43. The number of nitrogens with zero attached hydrogens (tertiary/aromatic N) is 2. The second-order valence-electron chi connectivity index (χ2n) is 4.91. The molecule has 9 heteroatoms. The van der Waals surface area contributed by atoms with Crippen molar-refractivity contribution in [2.24, 2.45) is 7.05 Å². The summed E-state index contributed by atoms with van der Waals surface area (Å²) in [6, 6.07) is 15.0. The third-order valence-corrected chi connectivity index (χ3v) is 6.98. The average Bonchev–Trinajstić information content (AvgIpc) is 3.00. The highest BCUT2D eigenvalue weighted by Crippen LogP contribution is 2.27. The zero-order valence-electron chi connectivity index (χ0n) is 12.5. The van der Waals surface area contributed by atoms with E-state index in [2.05, 4.69) is 5.16 Å². The van der Waals surface area contributed by atoms with Gasteiger partial charge in [-0.2, -0.15) is 0 Å². The average molecular weight is 365 g/mol. The molecule has 0 atom stereocenters. The molecule has 0 amide bonds. The van der Waals surface area contributed by atoms with E-state index in [1.54, 1.807) is 36.4 Å². The topological polar surface area (TPSA) is 98.2 Å². The van der Waals surface area contributed by atoms with Gasteiger partial charge >= 0.3 is 10.1 Å². The van der Waals surface area contributed by atoms with Crippen molar-refractivity contribution in [3.05, 3.63) is 60.7 Å². The van der Waals surface area contributed by atoms with Crippen LogP contribution in [-0.2, 0) is 26.7 Å². The van der Waals surface area contributed by atoms with Crippen LogP contribution in [0.25, 0.3) is 0 Å². The molecule has 0 spiro atoms. The Morgan fingerprint density at radius 2 is 1.25 bits per heavy atom. The molecule has 0 aliphatic carbocycles. The van der Waals surface area contributed by atoms with E-state index in [1.165, 1.54) is 31.3 Å². The van der Waals surface area contributed by atoms with Crippen LogP contribution in [0.4, 0.5) is 0 Å². The summed E-state index contributed by atoms with van der Waals surface area (Å²) >= 11 is 0. The van der Waals surface area contributed by atoms with Gasteiger partial charge in [-0.25, -0.2) is 16.8 Å². The van der Waals surface area contributed by atoms with E-state index in [4.69, 9.17) is 4.63 Å². The molecule has 0 radical (unpaired) electrons. The summed E-state index contributed by atoms with van der Waals surface area (Å²) in [5, 5.41) is 2.32. The van der Waals surface area contributed by atoms with Crippen LogP contribution in [-0.4, -0.2) is 22.0 Å². The van der Waals surface area contributed by atoms with Crippen molar-refractivity contribution in [1.29, 1.82) is 0 Å². The maximum Gasteiger partial charge on any atom is 0.380 e. The van der Waals surface area contributed by atoms with E-state index < -0.39 is 29.7 Å². The van der Waals surface area contributed by atoms with Gasteiger partial charge in [0.1, 0.15) is 7.05 Å². The monoisotopic (exact) mass is 365 g/mol. The van der Waals surface area contributed by atoms with Crippen molar-refractivity contribution in [2.45, 2.75) is 19.8 Å². The largest absolute Gasteiger partial charge is 0.380 e. The van der Waals surface area contributed by atoms with Crippen molar-refractivity contribution < 1.29 is 26.2 Å². The predicted molar refractivity (Wildman–Crippen MR) is 81.5 cm³/mol. The Hall–Kier alpha value is -2.52. The molecular weight excluding hydrogens is 352 g/mol. The number of hydrogen-bond donors (Lipinski definition) is 0. The second-order valence-corrected chi connectivity index (χ2v) is 8.64. The quantitative estimate of drug-likeness (QED) is 0.644. The van der Waals surface area contributed by atoms with Gasteiger partial charge in [0.2, 0.25) is 0 Å². The summed E-state index contributed by atoms with van der Waals surface area (Å²) in [5.41, 5.74) is 0. The molecule has 0 saturated heterocycles. The van der Waals surface area contributed by atoms with Gasteiger partial charge in [0.15, 0.2) is 5.16 Å². The van der Waals surface area contributed by atoms with Crippen molar-refractivity contribution in [2.75, 3.05) is 0 Å². The van der Waals surface area contributed by atoms with E-state index in [-0.39, 0.29) is 9.79 Å². The smallest absolute Gasteiger partial charge is 0.214 e. The number of benzene rings is 2. The van der Waals surface area contributed by atoms with E-state index in [0.29, 0.717) is 0 Å². The van der Waals surface area contributed by atoms with E-state index >= 15 is 0 Å². The number of aryl methyl sites for hydroxylation is 1. The van der Waals surface area contributed by atoms with Gasteiger partial charge in [0.05, 0.1) is 9.79 Å². The molecular formula is C15H13N2O5S2+. The van der Waals surface area contributed by atoms with Crippen LogP contribution >= 0.6 is 0 Å². The lowest BCUT2D eigenvalue weighted by Crippen LogP contribution is -2.33. The van der Waals surface area contributed by atoms with Crippen LogP contribution in [0.5, 0.6) is 0 Å². The van der Waals surface area contributed by atoms with Crippen LogP contribution < -0.4 is 4.74 Å². The molecule has 0 aliphatic heterocycles. The van der Waals surface area contributed by atoms with Crippen LogP contribution in [0.3, 0.4) is 0 Å². The fourth-order valence-corrected chi connectivity index (χ4v) is 5.44. The van der Waals surface area contributed by atoms with Gasteiger partial charge in [-0.1, -0.05) is 41.0 Å². The minimum atomic E-state index is -4.14. The van der Waals surface area contributed by atoms with Crippen LogP contribution in [0.15, 0.2) is 85.1 Å². The zero-order chi connectivity index (χ0) is 17.4. The number of aromatic nitrogens is 2. The molecule has 0 unspecified atom stereocenters. The Balaban J connectivity index is 2.25. The first kappa shape index (κ1) is 16.3. The zero-order valence-corrected chi connectivity index (χ0v) is 14.2. The minimum absolute atomic E-state index is 0.0479. The van der Waals surface area contributed by atoms with E-state index in [0.717, 1.165) is 4.74 Å². The maximum absolute atomic E-state index is 12.8. The lowest BCUT2D eigenvalue weighted by Gasteiger charge is -2.02. The summed E-state index contributed by atoms with van der Waals surface area (Å²) in [6.45, 7) is 0. The molecule has 3 rings (SSSR count). The molecule has 0 fully saturated rings. The number of hydrogen-bond acceptors (Lipinski definition) is 6. The Morgan fingerprint density at radius 3 is 1.75 bits per heavy atom. The fourth-order valence-electron chi connectivity index (χ4n) is 2.18. The standard InChI is InChI=1S/C15H13N2O5S2/c1-17-15(24(20,21)13-10-6-3-7-11-13)14(16-22-17)23(18,19)12-8-4-2-5-9-12/h2-11H,1H3/q+1. The molecule has 24 heavy (non-hydrogen) atoms. The molecule has 0 saturated carbocycles. The summed E-state index contributed by atoms with van der Waals surface area (Å²) in [7, 11) is -6.98. The maximum atomic E-state index is 12.8. The van der Waals surface area contributed by atoms with E-state index in [1.807, 2.05) is 0 Å². The van der Waals surface area contributed by atoms with Gasteiger partial charge in [0.25, 0.3) is 19.7 Å². The SMILES string of the molecule is C[n+]1onc(S(=O)(=O)c2ccccc2)c1S(=O)(=O)c1ccccc1. The normalized spacial score (nSPS) is 12.2. The summed E-state index contributed by atoms with van der Waals surface area (Å²) in [6.07, 6.45) is 0. The third-order valence-electron chi connectivity index (χ3n) is 3.33. The minimum Gasteiger partial charge on any atom is -0.214 e. The molecule has 0 aliphatic rings. The van der Waals surface area contributed by atoms with Gasteiger partial charge < -0.3 is 0 Å². The van der Waals surface area contributed by atoms with Gasteiger partial charge in [0, 0.05) is 0 Å². The summed E-state index contributed by atoms with van der Waals surface area (Å²) in [4.78, 5) is -0.114. The second kappa shape index (κ2) is 5.84. The molecule has 3 aromatic rings. The van der Waals surface area contributed by atoms with Crippen molar-refractivity contribution in [3.63, 3.8) is 0 Å². The Kier molecular flexibility index (Phi) is 3.98. The Morgan fingerprint density at radius 1 is 0.792 bits per heavy atom. The Labute approximate surface area is 139 Å². The molecule has 0 bridgehead atoms. The van der Waals surface area contributed by atoms with Crippen LogP contribution in [0.1, 0.15) is 0 Å². The highest BCUT2D eigenvalue weighted by atomic mass is 32.2. The summed E-state index contributed by atoms with van der Waals surface area (Å²) in [5.74, 6) is 0. The highest BCUT2D eigenvalue weighted by molar-refractivity contribution is 7.94. The first-order valence-electron chi connectivity index (χ1n) is 6.81. The van der Waals surface area contributed by atoms with Crippen molar-refractivity contribution >= 4 is 19.7 Å². The van der Waals surface area contributed by atoms with E-state index in [9.17, 15) is 16.8 Å². The number of rotatable bonds is 4. The molecule has 1 heterocycles. The lowest BCUT2D eigenvalue weighted by molar-refractivity contribution is -0.882. The number of sulfone groups is 2. The van der Waals surface area contributed by atoms with Crippen LogP contribution in [0.2, 0.25) is 0 Å². The molecule has 1 aromatic heterocycles. The molecule has 7 nitrogen and oxygen atoms in total. The lowest BCUT2D eigenvalue weighted by atomic mass is 10.4. The molecule has 2 aromatic carbocycles. The first-order chi connectivity index (χ1) is 11.3.